The third-order valence-electron chi connectivity index (χ3n) is 3.94. The Bertz CT molecular complexity index is 503. The Kier molecular flexibility index (Phi) is 3.52. The summed E-state index contributed by atoms with van der Waals surface area (Å²) in [5.74, 6) is -0.724. The first kappa shape index (κ1) is 13.8. The standard InChI is InChI=1S/C14H20N2O3/c1-9-3-4-12(17)11(7-9)10(2)16-6-5-14(15,8-16)13(18)19/h3-4,7,10,17H,5-6,8,15H2,1-2H3,(H,18,19). The summed E-state index contributed by atoms with van der Waals surface area (Å²) in [5.41, 5.74) is 6.58. The number of hydrogen-bond donors (Lipinski definition) is 3. The molecule has 1 fully saturated rings. The highest BCUT2D eigenvalue weighted by Crippen LogP contribution is 2.33. The first-order valence-corrected chi connectivity index (χ1v) is 6.39. The molecule has 0 aliphatic carbocycles. The van der Waals surface area contributed by atoms with Crippen molar-refractivity contribution >= 4 is 5.97 Å². The van der Waals surface area contributed by atoms with Gasteiger partial charge in [0.15, 0.2) is 0 Å². The lowest BCUT2D eigenvalue weighted by molar-refractivity contribution is -0.142. The van der Waals surface area contributed by atoms with E-state index in [-0.39, 0.29) is 11.8 Å². The van der Waals surface area contributed by atoms with Crippen molar-refractivity contribution in [2.24, 2.45) is 5.73 Å². The van der Waals surface area contributed by atoms with Crippen molar-refractivity contribution in [3.05, 3.63) is 29.3 Å². The summed E-state index contributed by atoms with van der Waals surface area (Å²) >= 11 is 0. The van der Waals surface area contributed by atoms with Crippen LogP contribution >= 0.6 is 0 Å². The molecule has 1 aromatic rings. The number of phenols is 1. The van der Waals surface area contributed by atoms with E-state index in [0.717, 1.165) is 11.1 Å². The summed E-state index contributed by atoms with van der Waals surface area (Å²) in [4.78, 5) is 13.2. The summed E-state index contributed by atoms with van der Waals surface area (Å²) < 4.78 is 0. The van der Waals surface area contributed by atoms with Crippen LogP contribution in [0.5, 0.6) is 5.75 Å². The Morgan fingerprint density at radius 3 is 2.79 bits per heavy atom. The molecule has 0 amide bonds. The highest BCUT2D eigenvalue weighted by molar-refractivity contribution is 5.79. The molecule has 0 saturated carbocycles. The van der Waals surface area contributed by atoms with Crippen LogP contribution in [-0.2, 0) is 4.79 Å². The van der Waals surface area contributed by atoms with Gasteiger partial charge >= 0.3 is 5.97 Å². The van der Waals surface area contributed by atoms with Gasteiger partial charge in [0, 0.05) is 24.7 Å². The summed E-state index contributed by atoms with van der Waals surface area (Å²) in [5, 5.41) is 19.1. The Labute approximate surface area is 112 Å². The molecule has 2 atom stereocenters. The summed E-state index contributed by atoms with van der Waals surface area (Å²) in [6, 6.07) is 5.39. The van der Waals surface area contributed by atoms with Gasteiger partial charge in [0.2, 0.25) is 0 Å². The molecule has 104 valence electrons. The molecule has 0 aromatic heterocycles. The van der Waals surface area contributed by atoms with Gasteiger partial charge in [-0.2, -0.15) is 0 Å². The number of aliphatic carboxylic acids is 1. The van der Waals surface area contributed by atoms with Gasteiger partial charge in [-0.05, 0) is 26.3 Å². The first-order valence-electron chi connectivity index (χ1n) is 6.39. The predicted octanol–water partition coefficient (Wildman–Crippen LogP) is 1.25. The highest BCUT2D eigenvalue weighted by atomic mass is 16.4. The van der Waals surface area contributed by atoms with E-state index in [0.29, 0.717) is 19.5 Å². The van der Waals surface area contributed by atoms with E-state index in [1.807, 2.05) is 30.9 Å². The van der Waals surface area contributed by atoms with Crippen LogP contribution in [0.1, 0.15) is 30.5 Å². The number of aromatic hydroxyl groups is 1. The number of aryl methyl sites for hydroxylation is 1. The number of rotatable bonds is 3. The Morgan fingerprint density at radius 2 is 2.21 bits per heavy atom. The van der Waals surface area contributed by atoms with Crippen LogP contribution < -0.4 is 5.73 Å². The second kappa shape index (κ2) is 4.83. The average molecular weight is 264 g/mol. The van der Waals surface area contributed by atoms with Gasteiger partial charge in [-0.15, -0.1) is 0 Å². The number of nitrogens with two attached hydrogens (primary N) is 1. The normalized spacial score (nSPS) is 25.4. The summed E-state index contributed by atoms with van der Waals surface area (Å²) in [6.07, 6.45) is 0.430. The monoisotopic (exact) mass is 264 g/mol. The molecule has 1 aliphatic heterocycles. The van der Waals surface area contributed by atoms with Crippen molar-refractivity contribution < 1.29 is 15.0 Å². The van der Waals surface area contributed by atoms with Crippen molar-refractivity contribution in [3.63, 3.8) is 0 Å². The third-order valence-corrected chi connectivity index (χ3v) is 3.94. The van der Waals surface area contributed by atoms with Crippen LogP contribution in [0.25, 0.3) is 0 Å². The molecule has 0 radical (unpaired) electrons. The van der Waals surface area contributed by atoms with Crippen molar-refractivity contribution in [2.45, 2.75) is 31.8 Å². The summed E-state index contributed by atoms with van der Waals surface area (Å²) in [6.45, 7) is 4.85. The van der Waals surface area contributed by atoms with Crippen molar-refractivity contribution in [1.29, 1.82) is 0 Å². The molecule has 2 unspecified atom stereocenters. The van der Waals surface area contributed by atoms with Gasteiger partial charge in [-0.3, -0.25) is 9.69 Å². The zero-order chi connectivity index (χ0) is 14.2. The molecule has 1 aliphatic rings. The quantitative estimate of drug-likeness (QED) is 0.765. The van der Waals surface area contributed by atoms with E-state index in [9.17, 15) is 9.90 Å². The molecule has 19 heavy (non-hydrogen) atoms. The number of carboxylic acid groups (broad SMARTS) is 1. The largest absolute Gasteiger partial charge is 0.508 e. The molecule has 0 bridgehead atoms. The van der Waals surface area contributed by atoms with E-state index in [1.165, 1.54) is 0 Å². The predicted molar refractivity (Wildman–Crippen MR) is 72.0 cm³/mol. The lowest BCUT2D eigenvalue weighted by atomic mass is 10.0. The second-order valence-corrected chi connectivity index (χ2v) is 5.42. The number of carboxylic acids is 1. The summed E-state index contributed by atoms with van der Waals surface area (Å²) in [7, 11) is 0. The number of carbonyl (C=O) groups is 1. The molecule has 5 nitrogen and oxygen atoms in total. The zero-order valence-electron chi connectivity index (χ0n) is 11.3. The lowest BCUT2D eigenvalue weighted by Crippen LogP contribution is -2.50. The second-order valence-electron chi connectivity index (χ2n) is 5.42. The Hall–Kier alpha value is -1.59. The number of nitrogens with zero attached hydrogens (tertiary/aromatic N) is 1. The van der Waals surface area contributed by atoms with Crippen molar-refractivity contribution in [1.82, 2.24) is 4.90 Å². The number of phenolic OH excluding ortho intramolecular Hbond substituents is 1. The first-order chi connectivity index (χ1) is 8.83. The third kappa shape index (κ3) is 2.57. The van der Waals surface area contributed by atoms with E-state index < -0.39 is 11.5 Å². The Balaban J connectivity index is 2.20. The maximum Gasteiger partial charge on any atom is 0.325 e. The van der Waals surface area contributed by atoms with Crippen LogP contribution in [0.4, 0.5) is 0 Å². The van der Waals surface area contributed by atoms with Crippen LogP contribution in [-0.4, -0.2) is 39.7 Å². The highest BCUT2D eigenvalue weighted by Gasteiger charge is 2.42. The molecule has 2 rings (SSSR count). The minimum Gasteiger partial charge on any atom is -0.508 e. The van der Waals surface area contributed by atoms with Gasteiger partial charge in [0.1, 0.15) is 11.3 Å². The molecule has 1 aromatic carbocycles. The van der Waals surface area contributed by atoms with Crippen LogP contribution in [0.15, 0.2) is 18.2 Å². The van der Waals surface area contributed by atoms with Gasteiger partial charge in [-0.1, -0.05) is 17.7 Å². The number of likely N-dealkylation sites (tertiary alicyclic amines) is 1. The van der Waals surface area contributed by atoms with Gasteiger partial charge in [0.05, 0.1) is 0 Å². The van der Waals surface area contributed by atoms with Crippen molar-refractivity contribution in [3.8, 4) is 5.75 Å². The van der Waals surface area contributed by atoms with E-state index in [2.05, 4.69) is 0 Å². The zero-order valence-corrected chi connectivity index (χ0v) is 11.3. The van der Waals surface area contributed by atoms with Crippen LogP contribution in [0.2, 0.25) is 0 Å². The lowest BCUT2D eigenvalue weighted by Gasteiger charge is -2.27. The smallest absolute Gasteiger partial charge is 0.325 e. The number of hydrogen-bond acceptors (Lipinski definition) is 4. The molecular weight excluding hydrogens is 244 g/mol. The maximum absolute atomic E-state index is 11.1. The van der Waals surface area contributed by atoms with E-state index >= 15 is 0 Å². The molecule has 1 heterocycles. The van der Waals surface area contributed by atoms with Crippen molar-refractivity contribution in [2.75, 3.05) is 13.1 Å². The molecule has 5 heteroatoms. The molecular formula is C14H20N2O3. The van der Waals surface area contributed by atoms with E-state index in [1.54, 1.807) is 6.07 Å². The van der Waals surface area contributed by atoms with Gasteiger partial charge < -0.3 is 15.9 Å². The van der Waals surface area contributed by atoms with Crippen LogP contribution in [0.3, 0.4) is 0 Å². The fourth-order valence-corrected chi connectivity index (χ4v) is 2.57. The SMILES string of the molecule is Cc1ccc(O)c(C(C)N2CCC(N)(C(=O)O)C2)c1. The fourth-order valence-electron chi connectivity index (χ4n) is 2.57. The van der Waals surface area contributed by atoms with Gasteiger partial charge in [0.25, 0.3) is 0 Å². The molecule has 0 spiro atoms. The minimum absolute atomic E-state index is 0.0512. The maximum atomic E-state index is 11.1. The molecule has 4 N–H and O–H groups in total. The minimum atomic E-state index is -1.17. The Morgan fingerprint density at radius 1 is 1.53 bits per heavy atom. The van der Waals surface area contributed by atoms with E-state index in [4.69, 9.17) is 10.8 Å². The number of benzene rings is 1. The fraction of sp³-hybridized carbons (Fsp3) is 0.500. The average Bonchev–Trinajstić information content (AvgIpc) is 2.76. The van der Waals surface area contributed by atoms with Crippen LogP contribution in [0, 0.1) is 6.92 Å². The topological polar surface area (TPSA) is 86.8 Å². The van der Waals surface area contributed by atoms with Gasteiger partial charge in [-0.25, -0.2) is 0 Å². The molecule has 1 saturated heterocycles.